The van der Waals surface area contributed by atoms with Crippen molar-refractivity contribution >= 4 is 10.1 Å². The van der Waals surface area contributed by atoms with Crippen molar-refractivity contribution < 1.29 is 61.5 Å². The molecule has 0 aliphatic heterocycles. The summed E-state index contributed by atoms with van der Waals surface area (Å²) >= 11 is 0. The van der Waals surface area contributed by atoms with E-state index in [-0.39, 0.29) is 42.6 Å². The van der Waals surface area contributed by atoms with Crippen LogP contribution in [0.25, 0.3) is 0 Å². The van der Waals surface area contributed by atoms with Crippen molar-refractivity contribution in [2.45, 2.75) is 90.4 Å². The molecule has 1 rings (SSSR count). The Kier molecular flexibility index (Phi) is 25.9. The van der Waals surface area contributed by atoms with Crippen molar-refractivity contribution in [1.29, 1.82) is 0 Å². The first kappa shape index (κ1) is 36.8. The smallest absolute Gasteiger partial charge is 0.748 e. The Morgan fingerprint density at radius 1 is 0.622 bits per heavy atom. The molecular weight excluding hydrogens is 503 g/mol. The zero-order chi connectivity index (χ0) is 26.2. The minimum atomic E-state index is -4.15. The number of rotatable bonds is 26. The second-order valence-corrected chi connectivity index (χ2v) is 10.8. The molecule has 0 aliphatic rings. The average Bonchev–Trinajstić information content (AvgIpc) is 2.85. The van der Waals surface area contributed by atoms with E-state index in [0.717, 1.165) is 12.2 Å². The number of ether oxygens (including phenoxy) is 4. The molecule has 0 aromatic heterocycles. The van der Waals surface area contributed by atoms with E-state index in [1.807, 2.05) is 12.1 Å². The normalized spacial score (nSPS) is 11.4. The van der Waals surface area contributed by atoms with Gasteiger partial charge in [-0.3, -0.25) is 0 Å². The third-order valence-corrected chi connectivity index (χ3v) is 6.70. The molecule has 0 atom stereocenters. The quantitative estimate of drug-likeness (QED) is 0.0991. The van der Waals surface area contributed by atoms with Crippen LogP contribution in [0.5, 0.6) is 5.75 Å². The van der Waals surface area contributed by atoms with Gasteiger partial charge in [-0.05, 0) is 37.0 Å². The molecule has 0 aliphatic carbocycles. The van der Waals surface area contributed by atoms with E-state index in [1.54, 1.807) is 0 Å². The van der Waals surface area contributed by atoms with E-state index in [9.17, 15) is 13.0 Å². The van der Waals surface area contributed by atoms with Crippen molar-refractivity contribution in [3.05, 3.63) is 29.8 Å². The van der Waals surface area contributed by atoms with Crippen LogP contribution in [0, 0.1) is 0 Å². The molecule has 0 amide bonds. The summed E-state index contributed by atoms with van der Waals surface area (Å²) in [6, 6.07) is 8.37. The molecule has 210 valence electrons. The monoisotopic (exact) mass is 552 g/mol. The fourth-order valence-electron chi connectivity index (χ4n) is 3.84. The van der Waals surface area contributed by atoms with Gasteiger partial charge in [0.1, 0.15) is 12.4 Å². The van der Waals surface area contributed by atoms with Crippen molar-refractivity contribution in [1.82, 2.24) is 0 Å². The van der Waals surface area contributed by atoms with Crippen LogP contribution < -0.4 is 34.3 Å². The predicted molar refractivity (Wildman–Crippen MR) is 144 cm³/mol. The predicted octanol–water partition coefficient (Wildman–Crippen LogP) is 2.91. The van der Waals surface area contributed by atoms with Gasteiger partial charge < -0.3 is 23.5 Å². The second kappa shape index (κ2) is 26.1. The van der Waals surface area contributed by atoms with Crippen LogP contribution in [0.1, 0.15) is 89.5 Å². The molecule has 0 spiro atoms. The zero-order valence-electron chi connectivity index (χ0n) is 23.4. The molecule has 0 saturated heterocycles. The number of unbranched alkanes of at least 4 members (excludes halogenated alkanes) is 10. The SMILES string of the molecule is CCCCCCCCCCCCCc1ccc(OCCOCCOCCOCCCS(=O)(=O)[O-])cc1.[Na+]. The molecule has 0 unspecified atom stereocenters. The Bertz CT molecular complexity index is 714. The summed E-state index contributed by atoms with van der Waals surface area (Å²) < 4.78 is 53.1. The van der Waals surface area contributed by atoms with Crippen LogP contribution in [0.15, 0.2) is 24.3 Å². The molecule has 0 saturated carbocycles. The zero-order valence-corrected chi connectivity index (χ0v) is 26.2. The molecule has 1 aromatic rings. The van der Waals surface area contributed by atoms with E-state index >= 15 is 0 Å². The Balaban J connectivity index is 0.0000130. The number of benzene rings is 1. The fraction of sp³-hybridized carbons (Fsp3) is 0.786. The van der Waals surface area contributed by atoms with E-state index in [0.29, 0.717) is 39.6 Å². The number of hydrogen-bond donors (Lipinski definition) is 0. The van der Waals surface area contributed by atoms with Crippen LogP contribution in [-0.2, 0) is 30.7 Å². The first-order chi connectivity index (χ1) is 17.5. The van der Waals surface area contributed by atoms with Crippen molar-refractivity contribution in [2.75, 3.05) is 52.0 Å². The minimum Gasteiger partial charge on any atom is -0.748 e. The van der Waals surface area contributed by atoms with E-state index in [1.165, 1.54) is 76.2 Å². The van der Waals surface area contributed by atoms with Gasteiger partial charge >= 0.3 is 29.6 Å². The van der Waals surface area contributed by atoms with Gasteiger partial charge in [0.05, 0.1) is 43.2 Å². The van der Waals surface area contributed by atoms with Crippen molar-refractivity contribution in [3.8, 4) is 5.75 Å². The summed E-state index contributed by atoms with van der Waals surface area (Å²) in [7, 11) is -4.15. The van der Waals surface area contributed by atoms with Gasteiger partial charge in [0.15, 0.2) is 0 Å². The topological polar surface area (TPSA) is 94.1 Å². The Hall–Kier alpha value is -0.190. The van der Waals surface area contributed by atoms with Crippen LogP contribution in [-0.4, -0.2) is 65.0 Å². The average molecular weight is 553 g/mol. The largest absolute Gasteiger partial charge is 1.00 e. The van der Waals surface area contributed by atoms with Crippen LogP contribution >= 0.6 is 0 Å². The molecule has 0 bridgehead atoms. The molecular formula is C28H49NaO7S. The summed E-state index contributed by atoms with van der Waals surface area (Å²) in [5.41, 5.74) is 1.37. The molecule has 0 N–H and O–H groups in total. The minimum absolute atomic E-state index is 0. The summed E-state index contributed by atoms with van der Waals surface area (Å²) in [6.45, 7) is 5.16. The summed E-state index contributed by atoms with van der Waals surface area (Å²) in [4.78, 5) is 0. The molecule has 0 radical (unpaired) electrons. The van der Waals surface area contributed by atoms with Gasteiger partial charge in [-0.15, -0.1) is 0 Å². The first-order valence-electron chi connectivity index (χ1n) is 13.9. The Labute approximate surface area is 248 Å². The van der Waals surface area contributed by atoms with Crippen LogP contribution in [0.4, 0.5) is 0 Å². The van der Waals surface area contributed by atoms with Gasteiger partial charge in [-0.2, -0.15) is 0 Å². The Morgan fingerprint density at radius 2 is 1.08 bits per heavy atom. The van der Waals surface area contributed by atoms with Crippen LogP contribution in [0.2, 0.25) is 0 Å². The van der Waals surface area contributed by atoms with Crippen molar-refractivity contribution in [2.24, 2.45) is 0 Å². The maximum atomic E-state index is 10.4. The fourth-order valence-corrected chi connectivity index (χ4v) is 4.32. The summed E-state index contributed by atoms with van der Waals surface area (Å²) in [5.74, 6) is 0.465. The maximum absolute atomic E-state index is 10.4. The van der Waals surface area contributed by atoms with Gasteiger partial charge in [0.25, 0.3) is 0 Å². The third kappa shape index (κ3) is 25.8. The van der Waals surface area contributed by atoms with E-state index in [2.05, 4.69) is 19.1 Å². The molecule has 9 heteroatoms. The second-order valence-electron chi connectivity index (χ2n) is 9.23. The van der Waals surface area contributed by atoms with Crippen LogP contribution in [0.3, 0.4) is 0 Å². The molecule has 1 aromatic carbocycles. The molecule has 37 heavy (non-hydrogen) atoms. The Morgan fingerprint density at radius 3 is 1.59 bits per heavy atom. The number of aryl methyl sites for hydroxylation is 1. The van der Waals surface area contributed by atoms with E-state index < -0.39 is 15.9 Å². The molecule has 0 heterocycles. The van der Waals surface area contributed by atoms with Gasteiger partial charge in [-0.1, -0.05) is 83.3 Å². The van der Waals surface area contributed by atoms with E-state index in [4.69, 9.17) is 18.9 Å². The molecule has 0 fully saturated rings. The standard InChI is InChI=1S/C28H50O7S.Na/c1-2-3-4-5-6-7-8-9-10-11-12-14-27-15-17-28(18-16-27)35-25-24-34-23-22-33-21-20-32-19-13-26-36(29,30)31;/h15-18H,2-14,19-26H2,1H3,(H,29,30,31);/q;+1/p-1. The summed E-state index contributed by atoms with van der Waals surface area (Å²) in [5, 5.41) is 0. The third-order valence-electron chi connectivity index (χ3n) is 5.92. The number of hydrogen-bond acceptors (Lipinski definition) is 7. The maximum Gasteiger partial charge on any atom is 1.00 e. The van der Waals surface area contributed by atoms with Crippen molar-refractivity contribution in [3.63, 3.8) is 0 Å². The van der Waals surface area contributed by atoms with Gasteiger partial charge in [0.2, 0.25) is 0 Å². The van der Waals surface area contributed by atoms with Gasteiger partial charge in [0, 0.05) is 12.4 Å². The molecule has 7 nitrogen and oxygen atoms in total. The first-order valence-corrected chi connectivity index (χ1v) is 15.5. The summed E-state index contributed by atoms with van der Waals surface area (Å²) in [6.07, 6.45) is 16.4. The van der Waals surface area contributed by atoms with Gasteiger partial charge in [-0.25, -0.2) is 8.42 Å².